The molecule has 26 heavy (non-hydrogen) atoms. The molecule has 0 bridgehead atoms. The molecule has 5 nitrogen and oxygen atoms in total. The molecular weight excluding hydrogens is 324 g/mol. The van der Waals surface area contributed by atoms with Gasteiger partial charge in [-0.3, -0.25) is 4.79 Å². The van der Waals surface area contributed by atoms with Crippen LogP contribution < -0.4 is 10.2 Å². The number of carbonyl (C=O) groups is 1. The average molecular weight is 350 g/mol. The summed E-state index contributed by atoms with van der Waals surface area (Å²) in [6.45, 7) is 2.13. The van der Waals surface area contributed by atoms with Gasteiger partial charge < -0.3 is 10.2 Å². The van der Waals surface area contributed by atoms with E-state index in [9.17, 15) is 4.79 Å². The summed E-state index contributed by atoms with van der Waals surface area (Å²) in [5, 5.41) is 11.9. The maximum Gasteiger partial charge on any atom is 0.227 e. The fourth-order valence-corrected chi connectivity index (χ4v) is 3.62. The molecule has 2 heterocycles. The fraction of sp³-hybridized carbons (Fsp3) is 0.476. The Hall–Kier alpha value is -2.43. The topological polar surface area (TPSA) is 58.1 Å². The molecular formula is C21H26N4O. The van der Waals surface area contributed by atoms with Crippen molar-refractivity contribution in [3.8, 4) is 11.3 Å². The highest BCUT2D eigenvalue weighted by Gasteiger charge is 2.25. The summed E-state index contributed by atoms with van der Waals surface area (Å²) in [5.74, 6) is 1.28. The van der Waals surface area contributed by atoms with Crippen LogP contribution in [0.2, 0.25) is 0 Å². The largest absolute Gasteiger partial charge is 0.355 e. The standard InChI is InChI=1S/C21H26N4O/c26-21(16-7-5-8-16)22-18-10-6-9-17(15-18)19-11-12-20(24-23-19)25-13-3-1-2-4-14-25/h6,9-12,15-16H,1-5,7-8,13-14H2,(H,22,26). The van der Waals surface area contributed by atoms with Crippen molar-refractivity contribution in [2.75, 3.05) is 23.3 Å². The lowest BCUT2D eigenvalue weighted by Gasteiger charge is -2.24. The number of nitrogens with zero attached hydrogens (tertiary/aromatic N) is 3. The van der Waals surface area contributed by atoms with Gasteiger partial charge in [-0.15, -0.1) is 10.2 Å². The number of aromatic nitrogens is 2. The van der Waals surface area contributed by atoms with E-state index in [1.54, 1.807) is 0 Å². The smallest absolute Gasteiger partial charge is 0.227 e. The minimum atomic E-state index is 0.135. The van der Waals surface area contributed by atoms with Gasteiger partial charge in [-0.1, -0.05) is 31.4 Å². The van der Waals surface area contributed by atoms with Crippen molar-refractivity contribution in [1.82, 2.24) is 10.2 Å². The van der Waals surface area contributed by atoms with Gasteiger partial charge in [0.15, 0.2) is 5.82 Å². The van der Waals surface area contributed by atoms with E-state index in [1.807, 2.05) is 30.3 Å². The van der Waals surface area contributed by atoms with E-state index in [4.69, 9.17) is 0 Å². The van der Waals surface area contributed by atoms with Crippen LogP contribution in [0.4, 0.5) is 11.5 Å². The van der Waals surface area contributed by atoms with Crippen molar-refractivity contribution in [3.63, 3.8) is 0 Å². The van der Waals surface area contributed by atoms with Crippen LogP contribution in [0.15, 0.2) is 36.4 Å². The van der Waals surface area contributed by atoms with Gasteiger partial charge in [-0.05, 0) is 49.9 Å². The second kappa shape index (κ2) is 7.85. The van der Waals surface area contributed by atoms with Gasteiger partial charge in [0.2, 0.25) is 5.91 Å². The van der Waals surface area contributed by atoms with Crippen LogP contribution in [0.5, 0.6) is 0 Å². The molecule has 1 N–H and O–H groups in total. The SMILES string of the molecule is O=C(Nc1cccc(-c2ccc(N3CCCCCC3)nn2)c1)C1CCC1. The number of hydrogen-bond donors (Lipinski definition) is 1. The van der Waals surface area contributed by atoms with Gasteiger partial charge in [0.25, 0.3) is 0 Å². The molecule has 1 amide bonds. The molecule has 1 aromatic heterocycles. The third-order valence-corrected chi connectivity index (χ3v) is 5.48. The zero-order valence-corrected chi connectivity index (χ0v) is 15.2. The summed E-state index contributed by atoms with van der Waals surface area (Å²) in [4.78, 5) is 14.5. The molecule has 1 saturated carbocycles. The van der Waals surface area contributed by atoms with E-state index in [-0.39, 0.29) is 11.8 Å². The van der Waals surface area contributed by atoms with Crippen LogP contribution in [-0.2, 0) is 4.79 Å². The Morgan fingerprint density at radius 1 is 0.962 bits per heavy atom. The Balaban J connectivity index is 1.46. The molecule has 1 aliphatic heterocycles. The van der Waals surface area contributed by atoms with Gasteiger partial charge in [0.1, 0.15) is 0 Å². The molecule has 2 fully saturated rings. The lowest BCUT2D eigenvalue weighted by atomic mass is 9.85. The number of anilines is 2. The number of amides is 1. The third kappa shape index (κ3) is 3.87. The van der Waals surface area contributed by atoms with Crippen molar-refractivity contribution in [2.24, 2.45) is 5.92 Å². The van der Waals surface area contributed by atoms with Gasteiger partial charge in [0, 0.05) is 30.3 Å². The molecule has 5 heteroatoms. The number of hydrogen-bond acceptors (Lipinski definition) is 4. The predicted octanol–water partition coefficient (Wildman–Crippen LogP) is 4.26. The summed E-state index contributed by atoms with van der Waals surface area (Å²) in [5.41, 5.74) is 2.65. The van der Waals surface area contributed by atoms with Crippen molar-refractivity contribution in [3.05, 3.63) is 36.4 Å². The van der Waals surface area contributed by atoms with E-state index in [0.717, 1.165) is 55.1 Å². The second-order valence-electron chi connectivity index (χ2n) is 7.38. The van der Waals surface area contributed by atoms with Gasteiger partial charge in [-0.2, -0.15) is 0 Å². The minimum Gasteiger partial charge on any atom is -0.355 e. The second-order valence-corrected chi connectivity index (χ2v) is 7.38. The Labute approximate surface area is 154 Å². The van der Waals surface area contributed by atoms with Crippen LogP contribution in [0.3, 0.4) is 0 Å². The highest BCUT2D eigenvalue weighted by Crippen LogP contribution is 2.28. The number of rotatable bonds is 4. The first-order chi connectivity index (χ1) is 12.8. The summed E-state index contributed by atoms with van der Waals surface area (Å²) < 4.78 is 0. The normalized spacial score (nSPS) is 18.1. The highest BCUT2D eigenvalue weighted by atomic mass is 16.1. The third-order valence-electron chi connectivity index (χ3n) is 5.48. The van der Waals surface area contributed by atoms with E-state index in [0.29, 0.717) is 0 Å². The zero-order chi connectivity index (χ0) is 17.8. The number of carbonyl (C=O) groups excluding carboxylic acids is 1. The molecule has 4 rings (SSSR count). The van der Waals surface area contributed by atoms with Crippen LogP contribution >= 0.6 is 0 Å². The van der Waals surface area contributed by atoms with Crippen molar-refractivity contribution in [2.45, 2.75) is 44.9 Å². The molecule has 2 aromatic rings. The van der Waals surface area contributed by atoms with Crippen molar-refractivity contribution >= 4 is 17.4 Å². The van der Waals surface area contributed by atoms with Gasteiger partial charge in [0.05, 0.1) is 5.69 Å². The molecule has 1 aromatic carbocycles. The molecule has 136 valence electrons. The first-order valence-electron chi connectivity index (χ1n) is 9.79. The maximum atomic E-state index is 12.1. The summed E-state index contributed by atoms with van der Waals surface area (Å²) in [6.07, 6.45) is 8.25. The molecule has 0 atom stereocenters. The number of benzene rings is 1. The maximum absolute atomic E-state index is 12.1. The van der Waals surface area contributed by atoms with E-state index in [1.165, 1.54) is 25.7 Å². The van der Waals surface area contributed by atoms with Crippen molar-refractivity contribution in [1.29, 1.82) is 0 Å². The summed E-state index contributed by atoms with van der Waals surface area (Å²) in [7, 11) is 0. The Morgan fingerprint density at radius 3 is 2.42 bits per heavy atom. The van der Waals surface area contributed by atoms with E-state index < -0.39 is 0 Å². The predicted molar refractivity (Wildman–Crippen MR) is 104 cm³/mol. The molecule has 2 aliphatic rings. The Bertz CT molecular complexity index is 747. The highest BCUT2D eigenvalue weighted by molar-refractivity contribution is 5.93. The van der Waals surface area contributed by atoms with Gasteiger partial charge in [-0.25, -0.2) is 0 Å². The fourth-order valence-electron chi connectivity index (χ4n) is 3.62. The monoisotopic (exact) mass is 350 g/mol. The Kier molecular flexibility index (Phi) is 5.14. The molecule has 0 spiro atoms. The summed E-state index contributed by atoms with van der Waals surface area (Å²) in [6, 6.07) is 12.0. The summed E-state index contributed by atoms with van der Waals surface area (Å²) >= 11 is 0. The first kappa shape index (κ1) is 17.0. The zero-order valence-electron chi connectivity index (χ0n) is 15.2. The van der Waals surface area contributed by atoms with Crippen LogP contribution in [0.1, 0.15) is 44.9 Å². The quantitative estimate of drug-likeness (QED) is 0.895. The van der Waals surface area contributed by atoms with E-state index >= 15 is 0 Å². The van der Waals surface area contributed by atoms with Crippen LogP contribution in [0.25, 0.3) is 11.3 Å². The molecule has 0 radical (unpaired) electrons. The lowest BCUT2D eigenvalue weighted by molar-refractivity contribution is -0.122. The molecule has 1 saturated heterocycles. The van der Waals surface area contributed by atoms with Crippen LogP contribution in [-0.4, -0.2) is 29.2 Å². The van der Waals surface area contributed by atoms with Gasteiger partial charge >= 0.3 is 0 Å². The Morgan fingerprint density at radius 2 is 1.77 bits per heavy atom. The number of nitrogens with one attached hydrogen (secondary N) is 1. The van der Waals surface area contributed by atoms with E-state index in [2.05, 4.69) is 26.5 Å². The average Bonchev–Trinajstić information content (AvgIpc) is 2.90. The first-order valence-corrected chi connectivity index (χ1v) is 9.79. The lowest BCUT2D eigenvalue weighted by Crippen LogP contribution is -2.28. The van der Waals surface area contributed by atoms with Crippen molar-refractivity contribution < 1.29 is 4.79 Å². The minimum absolute atomic E-state index is 0.135. The molecule has 0 unspecified atom stereocenters. The molecule has 1 aliphatic carbocycles. The van der Waals surface area contributed by atoms with Crippen LogP contribution in [0, 0.1) is 5.92 Å².